The zero-order valence-corrected chi connectivity index (χ0v) is 13.6. The maximum atomic E-state index is 9.48. The minimum Gasteiger partial charge on any atom is -0.224 e. The van der Waals surface area contributed by atoms with Crippen molar-refractivity contribution in [3.63, 3.8) is 0 Å². The van der Waals surface area contributed by atoms with Gasteiger partial charge in [-0.25, -0.2) is 9.97 Å². The molecule has 0 atom stereocenters. The first kappa shape index (κ1) is 15.4. The first-order valence-corrected chi connectivity index (χ1v) is 8.15. The Hall–Kier alpha value is -2.50. The third-order valence-corrected chi connectivity index (χ3v) is 5.49. The molecule has 0 bridgehead atoms. The van der Waals surface area contributed by atoms with E-state index in [0.29, 0.717) is 24.9 Å². The summed E-state index contributed by atoms with van der Waals surface area (Å²) in [5.41, 5.74) is 1.20. The molecule has 2 heterocycles. The van der Waals surface area contributed by atoms with Crippen molar-refractivity contribution < 1.29 is 0 Å². The minimum absolute atomic E-state index is 0.00870. The lowest BCUT2D eigenvalue weighted by molar-refractivity contribution is 0.902. The standard InChI is InChI=1S/C15H4ClN5S2/c16-9-3-1-8(2-4-9)10(5-17)15-22-13-14(23-15)21-12(7-19)11(6-18)20-13/h1-4H. The summed E-state index contributed by atoms with van der Waals surface area (Å²) in [6.45, 7) is 0. The number of rotatable bonds is 1. The molecule has 0 saturated carbocycles. The second kappa shape index (κ2) is 6.32. The van der Waals surface area contributed by atoms with Gasteiger partial charge in [-0.3, -0.25) is 0 Å². The summed E-state index contributed by atoms with van der Waals surface area (Å²) in [4.78, 5) is 8.30. The van der Waals surface area contributed by atoms with Crippen LogP contribution in [0.3, 0.4) is 0 Å². The van der Waals surface area contributed by atoms with Gasteiger partial charge in [0.15, 0.2) is 11.4 Å². The highest BCUT2D eigenvalue weighted by Crippen LogP contribution is 2.52. The van der Waals surface area contributed by atoms with Crippen LogP contribution in [0.5, 0.6) is 0 Å². The maximum Gasteiger partial charge on any atom is 0.178 e. The van der Waals surface area contributed by atoms with Gasteiger partial charge < -0.3 is 0 Å². The molecule has 1 aliphatic rings. The second-order valence-electron chi connectivity index (χ2n) is 4.24. The summed E-state index contributed by atoms with van der Waals surface area (Å²) in [5, 5.41) is 29.1. The third kappa shape index (κ3) is 2.88. The fraction of sp³-hybridized carbons (Fsp3) is 0. The number of nitriles is 3. The molecule has 5 nitrogen and oxygen atoms in total. The highest BCUT2D eigenvalue weighted by atomic mass is 35.5. The van der Waals surface area contributed by atoms with E-state index >= 15 is 0 Å². The van der Waals surface area contributed by atoms with Crippen LogP contribution in [-0.2, 0) is 0 Å². The van der Waals surface area contributed by atoms with Crippen LogP contribution < -0.4 is 0 Å². The lowest BCUT2D eigenvalue weighted by Crippen LogP contribution is -1.96. The maximum absolute atomic E-state index is 9.48. The minimum atomic E-state index is -0.00870. The van der Waals surface area contributed by atoms with E-state index in [2.05, 4.69) is 16.0 Å². The Morgan fingerprint density at radius 2 is 1.43 bits per heavy atom. The molecule has 23 heavy (non-hydrogen) atoms. The van der Waals surface area contributed by atoms with E-state index in [-0.39, 0.29) is 11.4 Å². The smallest absolute Gasteiger partial charge is 0.178 e. The van der Waals surface area contributed by atoms with Crippen LogP contribution in [0.25, 0.3) is 5.57 Å². The van der Waals surface area contributed by atoms with Gasteiger partial charge in [-0.1, -0.05) is 47.3 Å². The van der Waals surface area contributed by atoms with Crippen LogP contribution in [0.1, 0.15) is 17.0 Å². The number of aromatic nitrogens is 2. The molecule has 1 aromatic heterocycles. The van der Waals surface area contributed by atoms with Gasteiger partial charge in [0.1, 0.15) is 28.3 Å². The third-order valence-electron chi connectivity index (χ3n) is 2.87. The fourth-order valence-corrected chi connectivity index (χ4v) is 4.27. The molecule has 0 radical (unpaired) electrons. The molecule has 108 valence electrons. The Morgan fingerprint density at radius 1 is 0.913 bits per heavy atom. The van der Waals surface area contributed by atoms with Crippen molar-refractivity contribution in [1.29, 1.82) is 15.8 Å². The lowest BCUT2D eigenvalue weighted by Gasteiger charge is -2.02. The first-order valence-electron chi connectivity index (χ1n) is 6.14. The Kier molecular flexibility index (Phi) is 4.23. The highest BCUT2D eigenvalue weighted by molar-refractivity contribution is 8.24. The normalized spacial score (nSPS) is 12.0. The lowest BCUT2D eigenvalue weighted by atomic mass is 10.1. The van der Waals surface area contributed by atoms with Crippen molar-refractivity contribution in [1.82, 2.24) is 9.97 Å². The summed E-state index contributed by atoms with van der Waals surface area (Å²) >= 11 is 8.41. The van der Waals surface area contributed by atoms with Crippen LogP contribution in [0.4, 0.5) is 0 Å². The Labute approximate surface area is 145 Å². The molecule has 0 aliphatic carbocycles. The summed E-state index contributed by atoms with van der Waals surface area (Å²) < 4.78 is 0.712. The van der Waals surface area contributed by atoms with Gasteiger partial charge in [0.2, 0.25) is 0 Å². The molecular weight excluding hydrogens is 350 g/mol. The monoisotopic (exact) mass is 353 g/mol. The van der Waals surface area contributed by atoms with Crippen LogP contribution >= 0.6 is 35.1 Å². The molecule has 0 unspecified atom stereocenters. The van der Waals surface area contributed by atoms with Crippen LogP contribution in [0.15, 0.2) is 38.6 Å². The molecule has 1 aromatic carbocycles. The number of benzene rings is 1. The van der Waals surface area contributed by atoms with Gasteiger partial charge >= 0.3 is 0 Å². The number of hydrogen-bond donors (Lipinski definition) is 0. The summed E-state index contributed by atoms with van der Waals surface area (Å²) in [6, 6.07) is 12.9. The highest BCUT2D eigenvalue weighted by Gasteiger charge is 2.26. The number of halogens is 1. The number of nitrogens with zero attached hydrogens (tertiary/aromatic N) is 5. The van der Waals surface area contributed by atoms with Crippen molar-refractivity contribution in [2.24, 2.45) is 0 Å². The molecule has 0 amide bonds. The number of allylic oxidation sites excluding steroid dienone is 1. The summed E-state index contributed by atoms with van der Waals surface area (Å²) in [7, 11) is 0. The fourth-order valence-electron chi connectivity index (χ4n) is 1.84. The van der Waals surface area contributed by atoms with Crippen molar-refractivity contribution in [2.45, 2.75) is 10.1 Å². The van der Waals surface area contributed by atoms with E-state index in [1.165, 1.54) is 23.5 Å². The topological polar surface area (TPSA) is 97.1 Å². The molecule has 1 aliphatic heterocycles. The zero-order chi connectivity index (χ0) is 16.4. The Bertz CT molecular complexity index is 917. The van der Waals surface area contributed by atoms with Gasteiger partial charge in [-0.15, -0.1) is 0 Å². The molecular formula is C15H4ClN5S2. The first-order chi connectivity index (χ1) is 11.2. The molecule has 0 spiro atoms. The van der Waals surface area contributed by atoms with Crippen LogP contribution in [0.2, 0.25) is 5.02 Å². The van der Waals surface area contributed by atoms with Crippen molar-refractivity contribution in [3.8, 4) is 18.2 Å². The largest absolute Gasteiger partial charge is 0.224 e. The SMILES string of the molecule is N#CC(=C1Sc2nc(C#N)c(C#N)nc2S1)c1ccc(Cl)cc1. The van der Waals surface area contributed by atoms with Crippen molar-refractivity contribution in [3.05, 3.63) is 50.5 Å². The van der Waals surface area contributed by atoms with Gasteiger partial charge in [0, 0.05) is 5.02 Å². The quantitative estimate of drug-likeness (QED) is 0.715. The van der Waals surface area contributed by atoms with E-state index in [1.807, 2.05) is 12.1 Å². The number of hydrogen-bond acceptors (Lipinski definition) is 7. The van der Waals surface area contributed by atoms with E-state index in [1.54, 1.807) is 24.3 Å². The zero-order valence-electron chi connectivity index (χ0n) is 11.2. The Morgan fingerprint density at radius 3 is 1.87 bits per heavy atom. The predicted octanol–water partition coefficient (Wildman–Crippen LogP) is 3.96. The molecule has 0 saturated heterocycles. The second-order valence-corrected chi connectivity index (χ2v) is 6.93. The van der Waals surface area contributed by atoms with Gasteiger partial charge in [0.05, 0.1) is 9.81 Å². The average molecular weight is 354 g/mol. The molecule has 2 aromatic rings. The van der Waals surface area contributed by atoms with Gasteiger partial charge in [-0.2, -0.15) is 15.8 Å². The van der Waals surface area contributed by atoms with Crippen molar-refractivity contribution in [2.75, 3.05) is 0 Å². The van der Waals surface area contributed by atoms with Crippen molar-refractivity contribution >= 4 is 40.7 Å². The van der Waals surface area contributed by atoms with E-state index < -0.39 is 0 Å². The van der Waals surface area contributed by atoms with Gasteiger partial charge in [-0.05, 0) is 17.7 Å². The average Bonchev–Trinajstić information content (AvgIpc) is 2.98. The predicted molar refractivity (Wildman–Crippen MR) is 87.2 cm³/mol. The summed E-state index contributed by atoms with van der Waals surface area (Å²) in [6.07, 6.45) is 0. The molecule has 0 fully saturated rings. The van der Waals surface area contributed by atoms with Crippen LogP contribution in [0, 0.1) is 34.0 Å². The van der Waals surface area contributed by atoms with Crippen LogP contribution in [-0.4, -0.2) is 9.97 Å². The molecule has 3 rings (SSSR count). The van der Waals surface area contributed by atoms with E-state index in [9.17, 15) is 5.26 Å². The van der Waals surface area contributed by atoms with E-state index in [0.717, 1.165) is 5.56 Å². The number of thioether (sulfide) groups is 2. The molecule has 0 N–H and O–H groups in total. The van der Waals surface area contributed by atoms with E-state index in [4.69, 9.17) is 22.1 Å². The molecule has 8 heteroatoms. The van der Waals surface area contributed by atoms with Gasteiger partial charge in [0.25, 0.3) is 0 Å². The number of fused-ring (bicyclic) bond motifs is 1. The summed E-state index contributed by atoms with van der Waals surface area (Å²) in [5.74, 6) is 0. The Balaban J connectivity index is 2.06.